The zero-order chi connectivity index (χ0) is 14.8. The normalized spacial score (nSPS) is 10.8. The summed E-state index contributed by atoms with van der Waals surface area (Å²) in [7, 11) is 0. The van der Waals surface area contributed by atoms with E-state index >= 15 is 0 Å². The summed E-state index contributed by atoms with van der Waals surface area (Å²) in [6, 6.07) is 1.45. The largest absolute Gasteiger partial charge is 0.383 e. The lowest BCUT2D eigenvalue weighted by Crippen LogP contribution is -2.04. The number of benzene rings is 1. The summed E-state index contributed by atoms with van der Waals surface area (Å²) in [5, 5.41) is 2.81. The van der Waals surface area contributed by atoms with Crippen LogP contribution in [0.4, 0.5) is 18.9 Å². The molecule has 0 aliphatic carbocycles. The Bertz CT molecular complexity index is 394. The first kappa shape index (κ1) is 16.9. The maximum atomic E-state index is 13.3. The number of hydrogen-bond acceptors (Lipinski definition) is 1. The van der Waals surface area contributed by atoms with E-state index in [2.05, 4.69) is 12.2 Å². The van der Waals surface area contributed by atoms with E-state index in [0.717, 1.165) is 18.9 Å². The molecule has 0 atom stereocenters. The maximum Gasteiger partial charge on any atom is 0.161 e. The van der Waals surface area contributed by atoms with Crippen molar-refractivity contribution in [1.82, 2.24) is 0 Å². The quantitative estimate of drug-likeness (QED) is 0.432. The molecule has 0 aliphatic heterocycles. The maximum absolute atomic E-state index is 13.3. The minimum Gasteiger partial charge on any atom is -0.383 e. The van der Waals surface area contributed by atoms with Crippen LogP contribution in [0, 0.1) is 17.5 Å². The van der Waals surface area contributed by atoms with Crippen LogP contribution in [0.3, 0.4) is 0 Å². The molecule has 20 heavy (non-hydrogen) atoms. The highest BCUT2D eigenvalue weighted by Gasteiger charge is 2.08. The average Bonchev–Trinajstić information content (AvgIpc) is 2.42. The monoisotopic (exact) mass is 287 g/mol. The van der Waals surface area contributed by atoms with Crippen molar-refractivity contribution in [3.05, 3.63) is 29.6 Å². The average molecular weight is 287 g/mol. The second-order valence-corrected chi connectivity index (χ2v) is 5.15. The second-order valence-electron chi connectivity index (χ2n) is 5.15. The predicted octanol–water partition coefficient (Wildman–Crippen LogP) is 5.66. The smallest absolute Gasteiger partial charge is 0.161 e. The van der Waals surface area contributed by atoms with Gasteiger partial charge in [-0.1, -0.05) is 51.9 Å². The Balaban J connectivity index is 2.11. The van der Waals surface area contributed by atoms with Crippen molar-refractivity contribution in [3.63, 3.8) is 0 Å². The van der Waals surface area contributed by atoms with Gasteiger partial charge in [-0.15, -0.1) is 0 Å². The minimum absolute atomic E-state index is 0.0341. The first-order valence-electron chi connectivity index (χ1n) is 7.53. The molecule has 0 unspecified atom stereocenters. The molecular weight excluding hydrogens is 263 g/mol. The van der Waals surface area contributed by atoms with Crippen LogP contribution in [-0.4, -0.2) is 6.54 Å². The first-order valence-corrected chi connectivity index (χ1v) is 7.53. The molecule has 0 amide bonds. The van der Waals surface area contributed by atoms with Crippen molar-refractivity contribution in [2.75, 3.05) is 11.9 Å². The van der Waals surface area contributed by atoms with Crippen molar-refractivity contribution in [3.8, 4) is 0 Å². The Kier molecular flexibility index (Phi) is 8.16. The Hall–Kier alpha value is -1.19. The van der Waals surface area contributed by atoms with Crippen molar-refractivity contribution in [2.45, 2.75) is 58.3 Å². The molecule has 0 saturated heterocycles. The number of anilines is 1. The van der Waals surface area contributed by atoms with E-state index in [9.17, 15) is 13.2 Å². The molecule has 0 aromatic heterocycles. The van der Waals surface area contributed by atoms with Crippen LogP contribution in [0.15, 0.2) is 12.1 Å². The number of rotatable bonds is 10. The highest BCUT2D eigenvalue weighted by Crippen LogP contribution is 2.18. The van der Waals surface area contributed by atoms with Gasteiger partial charge in [-0.3, -0.25) is 0 Å². The van der Waals surface area contributed by atoms with Crippen LogP contribution >= 0.6 is 0 Å². The zero-order valence-corrected chi connectivity index (χ0v) is 12.2. The van der Waals surface area contributed by atoms with Crippen molar-refractivity contribution >= 4 is 5.69 Å². The molecule has 1 aromatic rings. The molecule has 0 aliphatic rings. The number of nitrogens with one attached hydrogen (secondary N) is 1. The number of hydrogen-bond donors (Lipinski definition) is 1. The summed E-state index contributed by atoms with van der Waals surface area (Å²) in [6.07, 6.45) is 9.52. The number of unbranched alkanes of at least 4 members (excludes halogenated alkanes) is 7. The molecule has 1 aromatic carbocycles. The van der Waals surface area contributed by atoms with E-state index in [-0.39, 0.29) is 5.69 Å². The van der Waals surface area contributed by atoms with E-state index in [1.807, 2.05) is 0 Å². The van der Waals surface area contributed by atoms with Crippen LogP contribution in [0.5, 0.6) is 0 Å². The summed E-state index contributed by atoms with van der Waals surface area (Å²) >= 11 is 0. The molecule has 4 heteroatoms. The molecule has 0 bridgehead atoms. The summed E-state index contributed by atoms with van der Waals surface area (Å²) < 4.78 is 39.0. The van der Waals surface area contributed by atoms with Gasteiger partial charge in [0.15, 0.2) is 11.6 Å². The zero-order valence-electron chi connectivity index (χ0n) is 12.2. The van der Waals surface area contributed by atoms with Gasteiger partial charge in [0.25, 0.3) is 0 Å². The van der Waals surface area contributed by atoms with Crippen LogP contribution < -0.4 is 5.32 Å². The van der Waals surface area contributed by atoms with Crippen molar-refractivity contribution in [2.24, 2.45) is 0 Å². The van der Waals surface area contributed by atoms with Crippen LogP contribution in [0.2, 0.25) is 0 Å². The van der Waals surface area contributed by atoms with Gasteiger partial charge >= 0.3 is 0 Å². The topological polar surface area (TPSA) is 12.0 Å². The highest BCUT2D eigenvalue weighted by molar-refractivity contribution is 5.45. The molecular formula is C16H24F3N. The van der Waals surface area contributed by atoms with Gasteiger partial charge in [-0.2, -0.15) is 0 Å². The SMILES string of the molecule is CCCCCCCCCCNc1cc(F)c(F)cc1F. The Labute approximate surface area is 119 Å². The summed E-state index contributed by atoms with van der Waals surface area (Å²) in [5.41, 5.74) is 0.0341. The van der Waals surface area contributed by atoms with Gasteiger partial charge in [0, 0.05) is 18.7 Å². The lowest BCUT2D eigenvalue weighted by molar-refractivity contribution is 0.496. The van der Waals surface area contributed by atoms with E-state index in [1.165, 1.54) is 38.5 Å². The van der Waals surface area contributed by atoms with Crippen molar-refractivity contribution in [1.29, 1.82) is 0 Å². The highest BCUT2D eigenvalue weighted by atomic mass is 19.2. The van der Waals surface area contributed by atoms with Gasteiger partial charge in [0.1, 0.15) is 5.82 Å². The molecule has 0 heterocycles. The van der Waals surface area contributed by atoms with E-state index in [0.29, 0.717) is 12.6 Å². The Morgan fingerprint density at radius 2 is 1.30 bits per heavy atom. The minimum atomic E-state index is -1.15. The van der Waals surface area contributed by atoms with Gasteiger partial charge in [-0.25, -0.2) is 13.2 Å². The summed E-state index contributed by atoms with van der Waals surface area (Å²) in [4.78, 5) is 0. The Morgan fingerprint density at radius 3 is 1.95 bits per heavy atom. The van der Waals surface area contributed by atoms with Gasteiger partial charge < -0.3 is 5.32 Å². The third kappa shape index (κ3) is 6.31. The lowest BCUT2D eigenvalue weighted by atomic mass is 10.1. The van der Waals surface area contributed by atoms with Crippen molar-refractivity contribution < 1.29 is 13.2 Å². The third-order valence-electron chi connectivity index (χ3n) is 3.36. The molecule has 0 radical (unpaired) electrons. The van der Waals surface area contributed by atoms with Gasteiger partial charge in [0.05, 0.1) is 5.69 Å². The van der Waals surface area contributed by atoms with Crippen LogP contribution in [-0.2, 0) is 0 Å². The van der Waals surface area contributed by atoms with E-state index in [4.69, 9.17) is 0 Å². The van der Waals surface area contributed by atoms with E-state index in [1.54, 1.807) is 0 Å². The fraction of sp³-hybridized carbons (Fsp3) is 0.625. The van der Waals surface area contributed by atoms with Crippen LogP contribution in [0.25, 0.3) is 0 Å². The predicted molar refractivity (Wildman–Crippen MR) is 77.4 cm³/mol. The fourth-order valence-corrected chi connectivity index (χ4v) is 2.14. The third-order valence-corrected chi connectivity index (χ3v) is 3.36. The van der Waals surface area contributed by atoms with E-state index < -0.39 is 17.5 Å². The molecule has 0 fully saturated rings. The summed E-state index contributed by atoms with van der Waals surface area (Å²) in [5.74, 6) is -2.92. The standard InChI is InChI=1S/C16H24F3N/c1-2-3-4-5-6-7-8-9-10-20-16-12-14(18)13(17)11-15(16)19/h11-12,20H,2-10H2,1H3. The molecule has 1 N–H and O–H groups in total. The van der Waals surface area contributed by atoms with Crippen LogP contribution in [0.1, 0.15) is 58.3 Å². The second kappa shape index (κ2) is 9.67. The van der Waals surface area contributed by atoms with Gasteiger partial charge in [-0.05, 0) is 6.42 Å². The Morgan fingerprint density at radius 1 is 0.750 bits per heavy atom. The molecule has 0 saturated carbocycles. The first-order chi connectivity index (χ1) is 9.65. The molecule has 114 valence electrons. The molecule has 1 nitrogen and oxygen atoms in total. The van der Waals surface area contributed by atoms with Gasteiger partial charge in [0.2, 0.25) is 0 Å². The molecule has 0 spiro atoms. The fourth-order valence-electron chi connectivity index (χ4n) is 2.14. The molecule has 1 rings (SSSR count). The lowest BCUT2D eigenvalue weighted by Gasteiger charge is -2.08. The summed E-state index contributed by atoms with van der Waals surface area (Å²) in [6.45, 7) is 2.78. The number of halogens is 3.